The molecule has 0 saturated carbocycles. The third-order valence-electron chi connectivity index (χ3n) is 6.21. The second kappa shape index (κ2) is 12.3. The summed E-state index contributed by atoms with van der Waals surface area (Å²) in [5.74, 6) is -6.99. The maximum absolute atomic E-state index is 10.9. The molecular formula is C20H38O14. The molecule has 2 aliphatic heterocycles. The molecule has 0 aromatic rings. The maximum Gasteiger partial charge on any atom is 0.364 e. The van der Waals surface area contributed by atoms with Crippen molar-refractivity contribution in [3.05, 3.63) is 0 Å². The molecule has 0 radical (unpaired) electrons. The van der Waals surface area contributed by atoms with Crippen LogP contribution in [0.2, 0.25) is 0 Å². The van der Waals surface area contributed by atoms with Gasteiger partial charge < -0.3 is 65.6 Å². The molecule has 14 heteroatoms. The molecule has 0 aromatic heterocycles. The first-order valence-corrected chi connectivity index (χ1v) is 10.8. The van der Waals surface area contributed by atoms with Crippen molar-refractivity contribution in [1.29, 1.82) is 0 Å². The molecule has 0 bridgehead atoms. The molecular weight excluding hydrogens is 464 g/mol. The van der Waals surface area contributed by atoms with Crippen molar-refractivity contribution in [2.75, 3.05) is 13.2 Å². The summed E-state index contributed by atoms with van der Waals surface area (Å²) in [6.45, 7) is 3.15. The van der Waals surface area contributed by atoms with Crippen LogP contribution in [-0.2, 0) is 14.3 Å². The molecule has 2 rings (SSSR count). The zero-order chi connectivity index (χ0) is 26.6. The van der Waals surface area contributed by atoms with E-state index in [1.165, 1.54) is 13.8 Å². The second-order valence-electron chi connectivity index (χ2n) is 9.17. The molecule has 34 heavy (non-hydrogen) atoms. The first kappa shape index (κ1) is 31.0. The van der Waals surface area contributed by atoms with E-state index in [1.54, 1.807) is 6.92 Å². The van der Waals surface area contributed by atoms with E-state index in [0.29, 0.717) is 0 Å². The summed E-state index contributed by atoms with van der Waals surface area (Å²) >= 11 is 0. The molecule has 0 spiro atoms. The van der Waals surface area contributed by atoms with Gasteiger partial charge in [-0.05, 0) is 6.92 Å². The van der Waals surface area contributed by atoms with Crippen LogP contribution in [0, 0.1) is 11.8 Å². The van der Waals surface area contributed by atoms with Gasteiger partial charge >= 0.3 is 5.97 Å². The average Bonchev–Trinajstić information content (AvgIpc) is 2.76. The van der Waals surface area contributed by atoms with Gasteiger partial charge in [-0.3, -0.25) is 0 Å². The lowest BCUT2D eigenvalue weighted by Crippen LogP contribution is -2.60. The van der Waals surface area contributed by atoms with Crippen LogP contribution in [0.25, 0.3) is 0 Å². The van der Waals surface area contributed by atoms with Gasteiger partial charge in [-0.25, -0.2) is 4.79 Å². The van der Waals surface area contributed by atoms with Crippen molar-refractivity contribution in [2.24, 2.45) is 11.8 Å². The minimum atomic E-state index is -2.62. The van der Waals surface area contributed by atoms with E-state index in [2.05, 4.69) is 0 Å². The third kappa shape index (κ3) is 7.49. The Labute approximate surface area is 196 Å². The molecule has 0 aromatic carbocycles. The third-order valence-corrected chi connectivity index (χ3v) is 6.21. The smallest absolute Gasteiger partial charge is 0.364 e. The molecule has 6 unspecified atom stereocenters. The summed E-state index contributed by atoms with van der Waals surface area (Å²) < 4.78 is 10.1. The number of carboxylic acid groups (broad SMARTS) is 1. The van der Waals surface area contributed by atoms with Crippen LogP contribution in [0.1, 0.15) is 33.6 Å². The Hall–Kier alpha value is -1.01. The number of rotatable bonds is 7. The summed E-state index contributed by atoms with van der Waals surface area (Å²) in [6, 6.07) is 0. The van der Waals surface area contributed by atoms with E-state index in [-0.39, 0.29) is 6.42 Å². The van der Waals surface area contributed by atoms with E-state index >= 15 is 0 Å². The standard InChI is InChI=1S/C10H18O8.C10H20O6/c1-4-5(12)2-10(17,9(15)16)18-8(4)7(14)6(13)3-11;1-5-6(12)3-10(2,15)16-9(5)8(14)7(13)4-11/h4-8,11-14,17H,2-3H2,1H3,(H,15,16);5-9,11-15H,3-4H2,1-2H3/t4-,5+,6-,7-,8-,10-;/m1./s1. The van der Waals surface area contributed by atoms with E-state index in [4.69, 9.17) is 24.8 Å². The largest absolute Gasteiger partial charge is 0.477 e. The fourth-order valence-corrected chi connectivity index (χ4v) is 3.86. The molecule has 11 N–H and O–H groups in total. The second-order valence-corrected chi connectivity index (χ2v) is 9.17. The number of carbonyl (C=O) groups is 1. The molecule has 2 saturated heterocycles. The van der Waals surface area contributed by atoms with E-state index in [1.807, 2.05) is 0 Å². The van der Waals surface area contributed by atoms with Gasteiger partial charge in [-0.1, -0.05) is 13.8 Å². The molecule has 0 amide bonds. The summed E-state index contributed by atoms with van der Waals surface area (Å²) in [4.78, 5) is 10.9. The first-order valence-electron chi connectivity index (χ1n) is 10.8. The van der Waals surface area contributed by atoms with Crippen molar-refractivity contribution in [1.82, 2.24) is 0 Å². The molecule has 12 atom stereocenters. The molecule has 0 aliphatic carbocycles. The number of hydrogen-bond donors (Lipinski definition) is 11. The number of hydrogen-bond acceptors (Lipinski definition) is 13. The van der Waals surface area contributed by atoms with E-state index in [0.717, 1.165) is 0 Å². The zero-order valence-corrected chi connectivity index (χ0v) is 19.2. The van der Waals surface area contributed by atoms with Gasteiger partial charge in [-0.15, -0.1) is 0 Å². The molecule has 2 fully saturated rings. The Morgan fingerprint density at radius 2 is 1.24 bits per heavy atom. The van der Waals surface area contributed by atoms with Gasteiger partial charge in [0.15, 0.2) is 5.79 Å². The highest BCUT2D eigenvalue weighted by molar-refractivity contribution is 5.75. The van der Waals surface area contributed by atoms with Crippen LogP contribution < -0.4 is 0 Å². The topological polar surface area (TPSA) is 258 Å². The molecule has 14 nitrogen and oxygen atoms in total. The van der Waals surface area contributed by atoms with Crippen molar-refractivity contribution < 1.29 is 70.4 Å². The normalized spacial score (nSPS) is 42.0. The van der Waals surface area contributed by atoms with E-state index < -0.39 is 97.8 Å². The first-order chi connectivity index (χ1) is 15.5. The number of carboxylic acids is 1. The number of ether oxygens (including phenoxy) is 2. The fraction of sp³-hybridized carbons (Fsp3) is 0.950. The van der Waals surface area contributed by atoms with Gasteiger partial charge in [-0.2, -0.15) is 0 Å². The lowest BCUT2D eigenvalue weighted by atomic mass is 9.85. The number of aliphatic carboxylic acids is 1. The quantitative estimate of drug-likeness (QED) is 0.157. The van der Waals surface area contributed by atoms with Crippen molar-refractivity contribution in [3.8, 4) is 0 Å². The van der Waals surface area contributed by atoms with Crippen molar-refractivity contribution in [2.45, 2.75) is 94.0 Å². The fourth-order valence-electron chi connectivity index (χ4n) is 3.86. The Balaban J connectivity index is 0.000000342. The van der Waals surface area contributed by atoms with Crippen molar-refractivity contribution >= 4 is 5.97 Å². The predicted octanol–water partition coefficient (Wildman–Crippen LogP) is -4.55. The maximum atomic E-state index is 10.9. The Kier molecular flexibility index (Phi) is 11.2. The summed E-state index contributed by atoms with van der Waals surface area (Å²) in [5, 5.41) is 103. The van der Waals surface area contributed by atoms with E-state index in [9.17, 15) is 45.6 Å². The van der Waals surface area contributed by atoms with Gasteiger partial charge in [0, 0.05) is 24.7 Å². The Morgan fingerprint density at radius 1 is 0.853 bits per heavy atom. The summed E-state index contributed by atoms with van der Waals surface area (Å²) in [5.41, 5.74) is 0. The van der Waals surface area contributed by atoms with Gasteiger partial charge in [0.1, 0.15) is 24.4 Å². The lowest BCUT2D eigenvalue weighted by Gasteiger charge is -2.44. The van der Waals surface area contributed by atoms with Crippen molar-refractivity contribution in [3.63, 3.8) is 0 Å². The minimum absolute atomic E-state index is 0.0482. The molecule has 202 valence electrons. The van der Waals surface area contributed by atoms with Crippen LogP contribution in [0.15, 0.2) is 0 Å². The number of aliphatic hydroxyl groups is 10. The lowest BCUT2D eigenvalue weighted by molar-refractivity contribution is -0.302. The highest BCUT2D eigenvalue weighted by Gasteiger charge is 2.52. The van der Waals surface area contributed by atoms with Gasteiger partial charge in [0.25, 0.3) is 5.79 Å². The molecule has 2 heterocycles. The Morgan fingerprint density at radius 3 is 1.62 bits per heavy atom. The van der Waals surface area contributed by atoms with Crippen LogP contribution >= 0.6 is 0 Å². The van der Waals surface area contributed by atoms with Crippen LogP contribution in [0.3, 0.4) is 0 Å². The summed E-state index contributed by atoms with van der Waals surface area (Å²) in [6.07, 6.45) is -10.6. The van der Waals surface area contributed by atoms with Gasteiger partial charge in [0.2, 0.25) is 0 Å². The van der Waals surface area contributed by atoms with Crippen LogP contribution in [0.4, 0.5) is 0 Å². The van der Waals surface area contributed by atoms with Crippen LogP contribution in [-0.4, -0.2) is 136 Å². The van der Waals surface area contributed by atoms with Crippen LogP contribution in [0.5, 0.6) is 0 Å². The Bertz CT molecular complexity index is 647. The highest BCUT2D eigenvalue weighted by Crippen LogP contribution is 2.34. The van der Waals surface area contributed by atoms with Gasteiger partial charge in [0.05, 0.1) is 37.6 Å². The highest BCUT2D eigenvalue weighted by atomic mass is 16.7. The predicted molar refractivity (Wildman–Crippen MR) is 111 cm³/mol. The SMILES string of the molecule is CC1C(O)CC(C)(O)OC1C(O)C(O)CO.C[C@H]1[C@H]([C@H](O)[C@H](O)CO)O[C@@](O)(C(=O)O)C[C@@H]1O. The minimum Gasteiger partial charge on any atom is -0.477 e. The summed E-state index contributed by atoms with van der Waals surface area (Å²) in [7, 11) is 0. The number of aliphatic hydroxyl groups excluding tert-OH is 8. The molecule has 2 aliphatic rings. The zero-order valence-electron chi connectivity index (χ0n) is 19.2. The monoisotopic (exact) mass is 502 g/mol. The average molecular weight is 503 g/mol.